The number of rotatable bonds is 7. The average Bonchev–Trinajstić information content (AvgIpc) is 3.29. The Balaban J connectivity index is 1.33. The molecule has 0 spiro atoms. The van der Waals surface area contributed by atoms with E-state index in [1.165, 1.54) is 6.33 Å². The molecule has 0 radical (unpaired) electrons. The van der Waals surface area contributed by atoms with E-state index < -0.39 is 0 Å². The number of aryl methyl sites for hydroxylation is 1. The third-order valence-corrected chi connectivity index (χ3v) is 4.09. The van der Waals surface area contributed by atoms with E-state index in [2.05, 4.69) is 20.4 Å². The molecular formula is C22H19N5O3. The van der Waals surface area contributed by atoms with Crippen molar-refractivity contribution in [1.29, 1.82) is 0 Å². The second-order valence-corrected chi connectivity index (χ2v) is 6.44. The predicted octanol–water partition coefficient (Wildman–Crippen LogP) is 3.78. The number of nitrogens with zero attached hydrogens (tertiary/aromatic N) is 4. The summed E-state index contributed by atoms with van der Waals surface area (Å²) in [6, 6.07) is 18.0. The number of carbonyl (C=O) groups is 1. The molecule has 1 N–H and O–H groups in total. The maximum Gasteiger partial charge on any atom is 0.262 e. The smallest absolute Gasteiger partial charge is 0.262 e. The topological polar surface area (TPSA) is 91.2 Å². The molecule has 8 heteroatoms. The first-order valence-corrected chi connectivity index (χ1v) is 9.25. The molecule has 4 rings (SSSR count). The summed E-state index contributed by atoms with van der Waals surface area (Å²) in [6.07, 6.45) is 4.86. The summed E-state index contributed by atoms with van der Waals surface area (Å²) in [6.45, 7) is 1.90. The Morgan fingerprint density at radius 2 is 1.90 bits per heavy atom. The molecule has 0 unspecified atom stereocenters. The summed E-state index contributed by atoms with van der Waals surface area (Å²) in [5.41, 5.74) is 1.71. The highest BCUT2D eigenvalue weighted by molar-refractivity contribution is 5.91. The highest BCUT2D eigenvalue weighted by Gasteiger charge is 2.06. The molecule has 4 aromatic rings. The van der Waals surface area contributed by atoms with E-state index in [1.807, 2.05) is 37.3 Å². The van der Waals surface area contributed by atoms with Crippen LogP contribution >= 0.6 is 0 Å². The van der Waals surface area contributed by atoms with Crippen molar-refractivity contribution in [1.82, 2.24) is 19.7 Å². The van der Waals surface area contributed by atoms with Crippen molar-refractivity contribution >= 4 is 11.6 Å². The van der Waals surface area contributed by atoms with Crippen molar-refractivity contribution in [2.75, 3.05) is 11.9 Å². The van der Waals surface area contributed by atoms with Crippen LogP contribution in [0.15, 0.2) is 79.4 Å². The maximum atomic E-state index is 12.1. The summed E-state index contributed by atoms with van der Waals surface area (Å²) in [7, 11) is 0. The van der Waals surface area contributed by atoms with Crippen LogP contribution in [0.3, 0.4) is 0 Å². The molecule has 0 aliphatic heterocycles. The third-order valence-electron chi connectivity index (χ3n) is 4.09. The van der Waals surface area contributed by atoms with Gasteiger partial charge in [0.1, 0.15) is 17.8 Å². The predicted molar refractivity (Wildman–Crippen MR) is 111 cm³/mol. The van der Waals surface area contributed by atoms with Crippen LogP contribution in [0.5, 0.6) is 17.4 Å². The molecule has 150 valence electrons. The number of benzene rings is 2. The minimum absolute atomic E-state index is 0.0706. The van der Waals surface area contributed by atoms with Gasteiger partial charge in [-0.2, -0.15) is 5.10 Å². The summed E-state index contributed by atoms with van der Waals surface area (Å²) in [4.78, 5) is 20.4. The Morgan fingerprint density at radius 3 is 2.67 bits per heavy atom. The molecule has 0 saturated heterocycles. The standard InChI is InChI=1S/C22H19N5O3/c1-16-4-2-5-19(12-16)29-14-21(28)26-17-6-8-18(9-7-17)30-22-13-20(23-15-24-22)27-11-3-10-25-27/h2-13,15H,14H2,1H3,(H,26,28). The van der Waals surface area contributed by atoms with Crippen molar-refractivity contribution in [2.45, 2.75) is 6.92 Å². The van der Waals surface area contributed by atoms with Crippen molar-refractivity contribution in [2.24, 2.45) is 0 Å². The van der Waals surface area contributed by atoms with Gasteiger partial charge in [0.2, 0.25) is 5.88 Å². The van der Waals surface area contributed by atoms with Crippen LogP contribution in [0.1, 0.15) is 5.56 Å². The second kappa shape index (κ2) is 8.87. The lowest BCUT2D eigenvalue weighted by molar-refractivity contribution is -0.118. The summed E-state index contributed by atoms with van der Waals surface area (Å²) >= 11 is 0. The van der Waals surface area contributed by atoms with Gasteiger partial charge in [0.05, 0.1) is 0 Å². The van der Waals surface area contributed by atoms with E-state index in [0.29, 0.717) is 28.9 Å². The van der Waals surface area contributed by atoms with Gasteiger partial charge < -0.3 is 14.8 Å². The van der Waals surface area contributed by atoms with Gasteiger partial charge >= 0.3 is 0 Å². The number of hydrogen-bond acceptors (Lipinski definition) is 6. The lowest BCUT2D eigenvalue weighted by atomic mass is 10.2. The Morgan fingerprint density at radius 1 is 1.03 bits per heavy atom. The van der Waals surface area contributed by atoms with Crippen LogP contribution in [-0.4, -0.2) is 32.3 Å². The first-order valence-electron chi connectivity index (χ1n) is 9.25. The van der Waals surface area contributed by atoms with Gasteiger partial charge in [0, 0.05) is 24.1 Å². The van der Waals surface area contributed by atoms with Gasteiger partial charge in [-0.05, 0) is 55.0 Å². The zero-order chi connectivity index (χ0) is 20.8. The minimum atomic E-state index is -0.246. The number of amides is 1. The number of carbonyl (C=O) groups excluding carboxylic acids is 1. The fourth-order valence-corrected chi connectivity index (χ4v) is 2.69. The lowest BCUT2D eigenvalue weighted by Crippen LogP contribution is -2.20. The van der Waals surface area contributed by atoms with Gasteiger partial charge in [-0.15, -0.1) is 0 Å². The Bertz CT molecular complexity index is 1130. The molecular weight excluding hydrogens is 382 g/mol. The molecule has 0 bridgehead atoms. The number of hydrogen-bond donors (Lipinski definition) is 1. The van der Waals surface area contributed by atoms with E-state index in [0.717, 1.165) is 5.56 Å². The third kappa shape index (κ3) is 4.99. The number of nitrogens with one attached hydrogen (secondary N) is 1. The molecule has 2 heterocycles. The second-order valence-electron chi connectivity index (χ2n) is 6.44. The van der Waals surface area contributed by atoms with Gasteiger partial charge in [0.15, 0.2) is 12.4 Å². The van der Waals surface area contributed by atoms with Crippen LogP contribution in [0.25, 0.3) is 5.82 Å². The van der Waals surface area contributed by atoms with E-state index in [-0.39, 0.29) is 12.5 Å². The first kappa shape index (κ1) is 19.1. The van der Waals surface area contributed by atoms with E-state index in [1.54, 1.807) is 47.4 Å². The Hall–Kier alpha value is -4.20. The Kier molecular flexibility index (Phi) is 5.66. The highest BCUT2D eigenvalue weighted by atomic mass is 16.5. The summed E-state index contributed by atoms with van der Waals surface area (Å²) in [5, 5.41) is 6.92. The molecule has 1 amide bonds. The zero-order valence-electron chi connectivity index (χ0n) is 16.2. The molecule has 0 aliphatic rings. The van der Waals surface area contributed by atoms with Crippen LogP contribution in [-0.2, 0) is 4.79 Å². The fraction of sp³-hybridized carbons (Fsp3) is 0.0909. The molecule has 30 heavy (non-hydrogen) atoms. The monoisotopic (exact) mass is 401 g/mol. The molecule has 2 aromatic heterocycles. The lowest BCUT2D eigenvalue weighted by Gasteiger charge is -2.09. The minimum Gasteiger partial charge on any atom is -0.484 e. The van der Waals surface area contributed by atoms with E-state index >= 15 is 0 Å². The van der Waals surface area contributed by atoms with Crippen molar-refractivity contribution in [3.05, 3.63) is 84.9 Å². The van der Waals surface area contributed by atoms with Crippen LogP contribution < -0.4 is 14.8 Å². The first-order chi connectivity index (χ1) is 14.7. The maximum absolute atomic E-state index is 12.1. The Labute approximate surface area is 173 Å². The van der Waals surface area contributed by atoms with Crippen molar-refractivity contribution < 1.29 is 14.3 Å². The van der Waals surface area contributed by atoms with Gasteiger partial charge in [-0.3, -0.25) is 4.79 Å². The van der Waals surface area contributed by atoms with Gasteiger partial charge in [-0.25, -0.2) is 14.6 Å². The van der Waals surface area contributed by atoms with Crippen LogP contribution in [0.2, 0.25) is 0 Å². The van der Waals surface area contributed by atoms with Gasteiger partial charge in [0.25, 0.3) is 5.91 Å². The summed E-state index contributed by atoms with van der Waals surface area (Å²) in [5.74, 6) is 1.98. The molecule has 0 saturated carbocycles. The molecule has 0 aliphatic carbocycles. The summed E-state index contributed by atoms with van der Waals surface area (Å²) < 4.78 is 12.9. The number of anilines is 1. The highest BCUT2D eigenvalue weighted by Crippen LogP contribution is 2.22. The van der Waals surface area contributed by atoms with Crippen molar-refractivity contribution in [3.63, 3.8) is 0 Å². The quantitative estimate of drug-likeness (QED) is 0.507. The molecule has 2 aromatic carbocycles. The largest absolute Gasteiger partial charge is 0.484 e. The van der Waals surface area contributed by atoms with Gasteiger partial charge in [-0.1, -0.05) is 12.1 Å². The zero-order valence-corrected chi connectivity index (χ0v) is 16.2. The molecule has 0 fully saturated rings. The molecule has 0 atom stereocenters. The number of aromatic nitrogens is 4. The average molecular weight is 401 g/mol. The van der Waals surface area contributed by atoms with Crippen LogP contribution in [0, 0.1) is 6.92 Å². The van der Waals surface area contributed by atoms with E-state index in [4.69, 9.17) is 9.47 Å². The fourth-order valence-electron chi connectivity index (χ4n) is 2.69. The molecule has 8 nitrogen and oxygen atoms in total. The number of ether oxygens (including phenoxy) is 2. The normalized spacial score (nSPS) is 10.4. The van der Waals surface area contributed by atoms with Crippen LogP contribution in [0.4, 0.5) is 5.69 Å². The SMILES string of the molecule is Cc1cccc(OCC(=O)Nc2ccc(Oc3cc(-n4cccn4)ncn3)cc2)c1. The van der Waals surface area contributed by atoms with Crippen molar-refractivity contribution in [3.8, 4) is 23.2 Å². The van der Waals surface area contributed by atoms with E-state index in [9.17, 15) is 4.79 Å².